The van der Waals surface area contributed by atoms with Gasteiger partial charge in [-0.2, -0.15) is 0 Å². The first kappa shape index (κ1) is 32.7. The molecule has 0 aliphatic carbocycles. The van der Waals surface area contributed by atoms with Crippen LogP contribution in [-0.2, 0) is 9.53 Å². The number of nitrogens with zero attached hydrogens (tertiary/aromatic N) is 4. The molecule has 48 heavy (non-hydrogen) atoms. The van der Waals surface area contributed by atoms with Gasteiger partial charge in [0.05, 0.1) is 47.6 Å². The third kappa shape index (κ3) is 6.23. The van der Waals surface area contributed by atoms with E-state index < -0.39 is 22.5 Å². The number of carbonyl (C=O) groups is 1. The number of esters is 1. The lowest BCUT2D eigenvalue weighted by molar-refractivity contribution is -0.384. The zero-order chi connectivity index (χ0) is 33.9. The van der Waals surface area contributed by atoms with E-state index in [4.69, 9.17) is 19.2 Å². The standard InChI is InChI=1S/C36H36N4O7S/c1-5-47-35(42)31-32(23-9-7-6-8-10-23)37-36-39(33(31)24-11-14-28(45-3)29(20-24)46-4)34(41)30(48-36)21-25-19-26(40(43)44)12-13-27(25)38-17-15-22(2)16-18-38/h6-14,19-22,33H,5,15-18H2,1-4H3/b30-21+/t33-/m0/s1. The van der Waals surface area contributed by atoms with Gasteiger partial charge in [-0.05, 0) is 55.5 Å². The monoisotopic (exact) mass is 668 g/mol. The van der Waals surface area contributed by atoms with Crippen LogP contribution in [0.3, 0.4) is 0 Å². The number of nitro groups is 1. The second-order valence-electron chi connectivity index (χ2n) is 11.7. The molecule has 1 saturated heterocycles. The fourth-order valence-electron chi connectivity index (χ4n) is 6.23. The van der Waals surface area contributed by atoms with E-state index in [1.807, 2.05) is 30.3 Å². The summed E-state index contributed by atoms with van der Waals surface area (Å²) < 4.78 is 18.5. The minimum atomic E-state index is -0.925. The molecule has 1 aromatic heterocycles. The van der Waals surface area contributed by atoms with Gasteiger partial charge in [-0.25, -0.2) is 9.79 Å². The Bertz CT molecular complexity index is 2080. The lowest BCUT2D eigenvalue weighted by Crippen LogP contribution is -2.40. The summed E-state index contributed by atoms with van der Waals surface area (Å²) >= 11 is 1.17. The molecular weight excluding hydrogens is 632 g/mol. The fraction of sp³-hybridized carbons (Fsp3) is 0.306. The van der Waals surface area contributed by atoms with Crippen LogP contribution in [-0.4, -0.2) is 49.4 Å². The Kier molecular flexibility index (Phi) is 9.44. The molecule has 11 nitrogen and oxygen atoms in total. The highest BCUT2D eigenvalue weighted by molar-refractivity contribution is 7.07. The third-order valence-corrected chi connectivity index (χ3v) is 9.71. The molecule has 2 aliphatic heterocycles. The van der Waals surface area contributed by atoms with Crippen LogP contribution in [0.15, 0.2) is 82.1 Å². The molecule has 248 valence electrons. The maximum absolute atomic E-state index is 14.5. The molecule has 0 radical (unpaired) electrons. The van der Waals surface area contributed by atoms with Crippen molar-refractivity contribution < 1.29 is 23.9 Å². The van der Waals surface area contributed by atoms with Crippen molar-refractivity contribution in [1.82, 2.24) is 4.57 Å². The molecule has 12 heteroatoms. The van der Waals surface area contributed by atoms with Crippen LogP contribution in [0.4, 0.5) is 11.4 Å². The number of benzene rings is 3. The molecule has 0 bridgehead atoms. The Hall–Kier alpha value is -5.23. The van der Waals surface area contributed by atoms with Crippen molar-refractivity contribution in [3.8, 4) is 11.5 Å². The number of ether oxygens (including phenoxy) is 3. The van der Waals surface area contributed by atoms with Crippen molar-refractivity contribution in [2.75, 3.05) is 38.8 Å². The van der Waals surface area contributed by atoms with Crippen molar-refractivity contribution in [3.63, 3.8) is 0 Å². The van der Waals surface area contributed by atoms with Gasteiger partial charge in [0, 0.05) is 42.0 Å². The summed E-state index contributed by atoms with van der Waals surface area (Å²) in [6, 6.07) is 18.4. The van der Waals surface area contributed by atoms with Crippen molar-refractivity contribution in [2.24, 2.45) is 10.9 Å². The maximum atomic E-state index is 14.5. The second-order valence-corrected chi connectivity index (χ2v) is 12.7. The highest BCUT2D eigenvalue weighted by atomic mass is 32.1. The average molecular weight is 669 g/mol. The van der Waals surface area contributed by atoms with Gasteiger partial charge >= 0.3 is 5.97 Å². The normalized spacial score (nSPS) is 16.7. The number of nitro benzene ring substituents is 1. The largest absolute Gasteiger partial charge is 0.493 e. The van der Waals surface area contributed by atoms with Crippen LogP contribution in [0.1, 0.15) is 49.4 Å². The molecule has 1 atom stereocenters. The van der Waals surface area contributed by atoms with Crippen LogP contribution in [0.25, 0.3) is 11.8 Å². The van der Waals surface area contributed by atoms with Crippen molar-refractivity contribution in [1.29, 1.82) is 0 Å². The maximum Gasteiger partial charge on any atom is 0.338 e. The summed E-state index contributed by atoms with van der Waals surface area (Å²) in [6.07, 6.45) is 3.71. The molecule has 2 aliphatic rings. The lowest BCUT2D eigenvalue weighted by atomic mass is 9.93. The van der Waals surface area contributed by atoms with Gasteiger partial charge in [-0.15, -0.1) is 0 Å². The van der Waals surface area contributed by atoms with Gasteiger partial charge in [-0.1, -0.05) is 54.7 Å². The zero-order valence-electron chi connectivity index (χ0n) is 27.2. The molecule has 6 rings (SSSR count). The van der Waals surface area contributed by atoms with Gasteiger partial charge < -0.3 is 19.1 Å². The third-order valence-electron chi connectivity index (χ3n) is 8.73. The Labute approximate surface area is 281 Å². The molecule has 3 heterocycles. The van der Waals surface area contributed by atoms with Gasteiger partial charge in [0.1, 0.15) is 0 Å². The van der Waals surface area contributed by atoms with E-state index in [2.05, 4.69) is 11.8 Å². The van der Waals surface area contributed by atoms with Crippen molar-refractivity contribution >= 4 is 40.5 Å². The van der Waals surface area contributed by atoms with E-state index in [0.29, 0.717) is 49.1 Å². The van der Waals surface area contributed by atoms with E-state index in [1.165, 1.54) is 42.3 Å². The molecule has 0 amide bonds. The summed E-state index contributed by atoms with van der Waals surface area (Å²) in [5.41, 5.74) is 2.80. The number of aromatic nitrogens is 1. The number of piperidine rings is 1. The predicted octanol–water partition coefficient (Wildman–Crippen LogP) is 5.10. The first-order chi connectivity index (χ1) is 23.2. The topological polar surface area (TPSA) is 126 Å². The van der Waals surface area contributed by atoms with Gasteiger partial charge in [0.25, 0.3) is 11.2 Å². The number of methoxy groups -OCH3 is 2. The second kappa shape index (κ2) is 13.9. The first-order valence-electron chi connectivity index (χ1n) is 15.8. The van der Waals surface area contributed by atoms with E-state index in [-0.39, 0.29) is 17.9 Å². The van der Waals surface area contributed by atoms with E-state index in [0.717, 1.165) is 31.6 Å². The number of fused-ring (bicyclic) bond motifs is 1. The highest BCUT2D eigenvalue weighted by Crippen LogP contribution is 2.38. The van der Waals surface area contributed by atoms with E-state index in [9.17, 15) is 19.7 Å². The number of thiazole rings is 1. The van der Waals surface area contributed by atoms with Crippen molar-refractivity contribution in [2.45, 2.75) is 32.7 Å². The SMILES string of the molecule is CCOC(=O)C1=C(c2ccccc2)N=c2s/c(=C/c3cc([N+](=O)[O-])ccc3N3CCC(C)CC3)c(=O)n2[C@H]1c1ccc(OC)c(OC)c1. The van der Waals surface area contributed by atoms with Gasteiger partial charge in [0.15, 0.2) is 16.3 Å². The Balaban J connectivity index is 1.62. The molecule has 1 fully saturated rings. The predicted molar refractivity (Wildman–Crippen MR) is 184 cm³/mol. The molecule has 0 saturated carbocycles. The van der Waals surface area contributed by atoms with Crippen LogP contribution < -0.4 is 29.3 Å². The van der Waals surface area contributed by atoms with Gasteiger partial charge in [-0.3, -0.25) is 19.5 Å². The lowest BCUT2D eigenvalue weighted by Gasteiger charge is -2.33. The number of anilines is 1. The minimum Gasteiger partial charge on any atom is -0.493 e. The molecule has 0 unspecified atom stereocenters. The van der Waals surface area contributed by atoms with Crippen LogP contribution in [0.5, 0.6) is 11.5 Å². The molecule has 0 spiro atoms. The van der Waals surface area contributed by atoms with E-state index in [1.54, 1.807) is 37.3 Å². The number of non-ortho nitro benzene ring substituents is 1. The fourth-order valence-corrected chi connectivity index (χ4v) is 7.22. The van der Waals surface area contributed by atoms with E-state index >= 15 is 0 Å². The molecule has 3 aromatic carbocycles. The highest BCUT2D eigenvalue weighted by Gasteiger charge is 2.36. The number of hydrogen-bond acceptors (Lipinski definition) is 10. The Morgan fingerprint density at radius 1 is 1.04 bits per heavy atom. The number of carbonyl (C=O) groups excluding carboxylic acids is 1. The smallest absolute Gasteiger partial charge is 0.338 e. The summed E-state index contributed by atoms with van der Waals surface area (Å²) in [6.45, 7) is 5.69. The molecular formula is C36H36N4O7S. The average Bonchev–Trinajstić information content (AvgIpc) is 3.41. The van der Waals surface area contributed by atoms with Crippen LogP contribution >= 0.6 is 11.3 Å². The van der Waals surface area contributed by atoms with Gasteiger partial charge in [0.2, 0.25) is 0 Å². The summed E-state index contributed by atoms with van der Waals surface area (Å²) in [5.74, 6) is 0.907. The summed E-state index contributed by atoms with van der Waals surface area (Å²) in [7, 11) is 3.05. The van der Waals surface area contributed by atoms with Crippen LogP contribution in [0.2, 0.25) is 0 Å². The zero-order valence-corrected chi connectivity index (χ0v) is 28.0. The number of hydrogen-bond donors (Lipinski definition) is 0. The molecule has 0 N–H and O–H groups in total. The summed E-state index contributed by atoms with van der Waals surface area (Å²) in [4.78, 5) is 47.2. The Morgan fingerprint density at radius 3 is 2.44 bits per heavy atom. The minimum absolute atomic E-state index is 0.0673. The number of rotatable bonds is 9. The quantitative estimate of drug-likeness (QED) is 0.137. The first-order valence-corrected chi connectivity index (χ1v) is 16.6. The van der Waals surface area contributed by atoms with Crippen molar-refractivity contribution in [3.05, 3.63) is 119 Å². The van der Waals surface area contributed by atoms with Crippen LogP contribution in [0, 0.1) is 16.0 Å². The molecule has 4 aromatic rings. The Morgan fingerprint density at radius 2 is 1.77 bits per heavy atom. The summed E-state index contributed by atoms with van der Waals surface area (Å²) in [5, 5.41) is 11.8.